The second-order valence-electron chi connectivity index (χ2n) is 15.2. The summed E-state index contributed by atoms with van der Waals surface area (Å²) >= 11 is 0. The van der Waals surface area contributed by atoms with Crippen LogP contribution in [0.1, 0.15) is 20.8 Å². The van der Waals surface area contributed by atoms with Crippen LogP contribution in [0.25, 0.3) is 0 Å². The second-order valence-corrected chi connectivity index (χ2v) is 15.2. The van der Waals surface area contributed by atoms with Gasteiger partial charge in [-0.05, 0) is 6.92 Å². The van der Waals surface area contributed by atoms with Gasteiger partial charge in [0.25, 0.3) is 0 Å². The van der Waals surface area contributed by atoms with Crippen LogP contribution in [0.5, 0.6) is 0 Å². The SMILES string of the molecule is CC(=O)N[C@H]1[C@@H](O[C@@H]2[C@H](O)[C@@H](O)[C@H](O[C@@H]([C@@H](O)[C@H](O)CO)[C@H](CO)NC(C)=O)O[C@@H]2CO)O[C@H](CO)[C@H](O)[C@@H]1O[C@@H]1O[C@H](CO)[C@H](O)[C@H](O)[C@H]1O[C@@H]1O[C@@H](C)[C@@H](O)[C@@H](O)[C@@H]1O. The first kappa shape index (κ1) is 51.7. The summed E-state index contributed by atoms with van der Waals surface area (Å²) in [6.45, 7) is -1.44. The van der Waals surface area contributed by atoms with Crippen molar-refractivity contribution < 1.29 is 124 Å². The van der Waals surface area contributed by atoms with E-state index in [0.29, 0.717) is 0 Å². The van der Waals surface area contributed by atoms with Gasteiger partial charge >= 0.3 is 0 Å². The van der Waals surface area contributed by atoms with Crippen LogP contribution in [-0.2, 0) is 47.5 Å². The van der Waals surface area contributed by atoms with Crippen molar-refractivity contribution in [2.75, 3.05) is 33.0 Å². The molecule has 2 amide bonds. The largest absolute Gasteiger partial charge is 0.394 e. The molecule has 4 heterocycles. The molecule has 24 atom stereocenters. The predicted octanol–water partition coefficient (Wildman–Crippen LogP) is -11.0. The van der Waals surface area contributed by atoms with E-state index in [9.17, 15) is 86.2 Å². The summed E-state index contributed by atoms with van der Waals surface area (Å²) in [5, 5.41) is 162. The molecule has 0 aromatic rings. The number of hydrogen-bond acceptors (Lipinski definition) is 25. The first-order valence-electron chi connectivity index (χ1n) is 19.4. The molecular weight excluding hydrogens is 836 g/mol. The molecule has 0 aromatic carbocycles. The Bertz CT molecular complexity index is 1370. The van der Waals surface area contributed by atoms with E-state index in [1.165, 1.54) is 6.92 Å². The molecule has 4 rings (SSSR count). The maximum atomic E-state index is 12.6. The quantitative estimate of drug-likeness (QED) is 0.0607. The van der Waals surface area contributed by atoms with E-state index in [2.05, 4.69) is 10.6 Å². The van der Waals surface area contributed by atoms with Crippen LogP contribution >= 0.6 is 0 Å². The first-order chi connectivity index (χ1) is 28.7. The van der Waals surface area contributed by atoms with Crippen LogP contribution < -0.4 is 10.6 Å². The Kier molecular flexibility index (Phi) is 19.3. The Morgan fingerprint density at radius 3 is 1.64 bits per heavy atom. The number of aliphatic hydroxyl groups is 15. The standard InChI is InChI=1S/C34H60N2O25/c1-9-18(45)22(49)25(52)32(54-9)61-30-23(50)20(47)14(6-39)56-34(30)60-29-17(36-11(3)43)31(55-15(7-40)21(29)48)59-28-16(8-41)57-33(26(53)24(28)51)58-27(19(46)13(44)5-38)12(4-37)35-10(2)42/h9,12-34,37-41,44-53H,4-8H2,1-3H3,(H,35,42)(H,36,43)/t9-,12-,13+,14+,15+,16+,17+,18+,19-,20-,21-,22+,23-,24+,25-,26+,27+,28-,29+,30+,31+,32-,33-,34-/m0/s1. The molecule has 4 saturated heterocycles. The van der Waals surface area contributed by atoms with Crippen molar-refractivity contribution >= 4 is 11.8 Å². The van der Waals surface area contributed by atoms with E-state index < -0.39 is 192 Å². The van der Waals surface area contributed by atoms with Gasteiger partial charge in [0, 0.05) is 13.8 Å². The Hall–Kier alpha value is -1.98. The average molecular weight is 897 g/mol. The minimum atomic E-state index is -2.17. The summed E-state index contributed by atoms with van der Waals surface area (Å²) in [7, 11) is 0. The van der Waals surface area contributed by atoms with Gasteiger partial charge in [-0.15, -0.1) is 0 Å². The maximum Gasteiger partial charge on any atom is 0.217 e. The molecule has 61 heavy (non-hydrogen) atoms. The second kappa shape index (κ2) is 22.8. The maximum absolute atomic E-state index is 12.6. The molecule has 4 aliphatic heterocycles. The summed E-state index contributed by atoms with van der Waals surface area (Å²) < 4.78 is 45.9. The number of amides is 2. The Labute approximate surface area is 347 Å². The van der Waals surface area contributed by atoms with Crippen molar-refractivity contribution in [2.45, 2.75) is 168 Å². The number of ether oxygens (including phenoxy) is 8. The van der Waals surface area contributed by atoms with Crippen molar-refractivity contribution in [1.29, 1.82) is 0 Å². The number of carbonyl (C=O) groups is 2. The molecule has 0 spiro atoms. The zero-order chi connectivity index (χ0) is 45.6. The fourth-order valence-corrected chi connectivity index (χ4v) is 7.36. The number of hydrogen-bond donors (Lipinski definition) is 17. The highest BCUT2D eigenvalue weighted by atomic mass is 16.8. The normalized spacial score (nSPS) is 44.1. The topological polar surface area (TPSA) is 435 Å². The number of rotatable bonds is 18. The monoisotopic (exact) mass is 896 g/mol. The minimum Gasteiger partial charge on any atom is -0.394 e. The van der Waals surface area contributed by atoms with Gasteiger partial charge < -0.3 is 125 Å². The first-order valence-corrected chi connectivity index (χ1v) is 19.4. The van der Waals surface area contributed by atoms with Crippen molar-refractivity contribution in [3.05, 3.63) is 0 Å². The summed E-state index contributed by atoms with van der Waals surface area (Å²) in [5.41, 5.74) is 0. The highest BCUT2D eigenvalue weighted by Crippen LogP contribution is 2.35. The lowest BCUT2D eigenvalue weighted by Crippen LogP contribution is -2.70. The van der Waals surface area contributed by atoms with E-state index in [-0.39, 0.29) is 0 Å². The van der Waals surface area contributed by atoms with Gasteiger partial charge in [0.05, 0.1) is 45.2 Å². The third kappa shape index (κ3) is 11.8. The third-order valence-corrected chi connectivity index (χ3v) is 10.7. The van der Waals surface area contributed by atoms with Crippen LogP contribution in [-0.4, -0.2) is 269 Å². The third-order valence-electron chi connectivity index (χ3n) is 10.7. The van der Waals surface area contributed by atoms with Gasteiger partial charge in [0.1, 0.15) is 110 Å². The summed E-state index contributed by atoms with van der Waals surface area (Å²) in [6.07, 6.45) is -40.6. The van der Waals surface area contributed by atoms with Crippen LogP contribution in [0.15, 0.2) is 0 Å². The number of aliphatic hydroxyl groups excluding tert-OH is 15. The molecule has 0 aromatic heterocycles. The molecule has 0 bridgehead atoms. The van der Waals surface area contributed by atoms with Gasteiger partial charge in [0.2, 0.25) is 11.8 Å². The van der Waals surface area contributed by atoms with Crippen LogP contribution in [0.3, 0.4) is 0 Å². The molecule has 0 radical (unpaired) electrons. The smallest absolute Gasteiger partial charge is 0.217 e. The zero-order valence-corrected chi connectivity index (χ0v) is 33.2. The van der Waals surface area contributed by atoms with Gasteiger partial charge in [-0.25, -0.2) is 0 Å². The molecule has 0 saturated carbocycles. The predicted molar refractivity (Wildman–Crippen MR) is 191 cm³/mol. The van der Waals surface area contributed by atoms with E-state index in [1.54, 1.807) is 0 Å². The van der Waals surface area contributed by atoms with Crippen molar-refractivity contribution in [2.24, 2.45) is 0 Å². The molecule has 27 nitrogen and oxygen atoms in total. The lowest BCUT2D eigenvalue weighted by atomic mass is 9.94. The molecule has 356 valence electrons. The summed E-state index contributed by atoms with van der Waals surface area (Å²) in [4.78, 5) is 24.4. The van der Waals surface area contributed by atoms with E-state index in [1.807, 2.05) is 0 Å². The molecule has 4 aliphatic rings. The van der Waals surface area contributed by atoms with Gasteiger partial charge in [-0.2, -0.15) is 0 Å². The number of nitrogens with one attached hydrogen (secondary N) is 2. The number of carbonyl (C=O) groups excluding carboxylic acids is 2. The average Bonchev–Trinajstić information content (AvgIpc) is 3.23. The van der Waals surface area contributed by atoms with Gasteiger partial charge in [-0.3, -0.25) is 9.59 Å². The fourth-order valence-electron chi connectivity index (χ4n) is 7.36. The van der Waals surface area contributed by atoms with Gasteiger partial charge in [-0.1, -0.05) is 0 Å². The van der Waals surface area contributed by atoms with Crippen molar-refractivity contribution in [1.82, 2.24) is 10.6 Å². The molecule has 0 aliphatic carbocycles. The molecule has 4 fully saturated rings. The zero-order valence-electron chi connectivity index (χ0n) is 33.2. The highest BCUT2D eigenvalue weighted by Gasteiger charge is 2.56. The lowest BCUT2D eigenvalue weighted by molar-refractivity contribution is -0.387. The van der Waals surface area contributed by atoms with Crippen LogP contribution in [0.4, 0.5) is 0 Å². The summed E-state index contributed by atoms with van der Waals surface area (Å²) in [6, 6.07) is -3.21. The van der Waals surface area contributed by atoms with E-state index in [0.717, 1.165) is 13.8 Å². The molecule has 0 unspecified atom stereocenters. The molecule has 27 heteroatoms. The Balaban J connectivity index is 1.64. The van der Waals surface area contributed by atoms with Crippen LogP contribution in [0.2, 0.25) is 0 Å². The van der Waals surface area contributed by atoms with E-state index in [4.69, 9.17) is 37.9 Å². The van der Waals surface area contributed by atoms with Crippen molar-refractivity contribution in [3.63, 3.8) is 0 Å². The summed E-state index contributed by atoms with van der Waals surface area (Å²) in [5.74, 6) is -1.56. The van der Waals surface area contributed by atoms with E-state index >= 15 is 0 Å². The minimum absolute atomic E-state index is 0.729. The highest BCUT2D eigenvalue weighted by molar-refractivity contribution is 5.73. The molecule has 17 N–H and O–H groups in total. The lowest BCUT2D eigenvalue weighted by Gasteiger charge is -2.50. The van der Waals surface area contributed by atoms with Crippen molar-refractivity contribution in [3.8, 4) is 0 Å². The van der Waals surface area contributed by atoms with Crippen LogP contribution in [0, 0.1) is 0 Å². The Morgan fingerprint density at radius 2 is 1.08 bits per heavy atom. The van der Waals surface area contributed by atoms with Gasteiger partial charge in [0.15, 0.2) is 25.2 Å². The Morgan fingerprint density at radius 1 is 0.557 bits per heavy atom. The fraction of sp³-hybridized carbons (Fsp3) is 0.941. The molecular formula is C34H60N2O25.